The van der Waals surface area contributed by atoms with Gasteiger partial charge in [0.2, 0.25) is 0 Å². The number of nitrogens with one attached hydrogen (secondary N) is 2. The lowest BCUT2D eigenvalue weighted by atomic mass is 10.1. The van der Waals surface area contributed by atoms with Crippen molar-refractivity contribution in [1.29, 1.82) is 0 Å². The van der Waals surface area contributed by atoms with Crippen molar-refractivity contribution in [3.8, 4) is 11.4 Å². The molecular weight excluding hydrogens is 278 g/mol. The Hall–Kier alpha value is -2.37. The van der Waals surface area contributed by atoms with E-state index >= 15 is 0 Å². The van der Waals surface area contributed by atoms with Crippen LogP contribution in [0, 0.1) is 0 Å². The summed E-state index contributed by atoms with van der Waals surface area (Å²) >= 11 is 0. The Morgan fingerprint density at radius 1 is 1.23 bits per heavy atom. The molecule has 0 fully saturated rings. The minimum atomic E-state index is -0.191. The van der Waals surface area contributed by atoms with Crippen LogP contribution in [0.1, 0.15) is 33.6 Å². The number of urea groups is 1. The topological polar surface area (TPSA) is 71.8 Å². The van der Waals surface area contributed by atoms with Crippen LogP contribution in [0.15, 0.2) is 30.6 Å². The third-order valence-corrected chi connectivity index (χ3v) is 3.69. The number of carbonyl (C=O) groups excluding carboxylic acids is 1. The minimum Gasteiger partial charge on any atom is -0.335 e. The summed E-state index contributed by atoms with van der Waals surface area (Å²) in [6.07, 6.45) is 3.52. The first-order valence-corrected chi connectivity index (χ1v) is 7.74. The number of nitrogens with zero attached hydrogens (tertiary/aromatic N) is 3. The van der Waals surface area contributed by atoms with Gasteiger partial charge in [-0.05, 0) is 31.9 Å². The lowest BCUT2D eigenvalue weighted by Crippen LogP contribution is -2.37. The molecule has 0 aliphatic heterocycles. The first-order valence-electron chi connectivity index (χ1n) is 7.74. The Morgan fingerprint density at radius 3 is 2.64 bits per heavy atom. The summed E-state index contributed by atoms with van der Waals surface area (Å²) < 4.78 is 1.94. The molecule has 0 bridgehead atoms. The Balaban J connectivity index is 2.20. The molecule has 0 aliphatic carbocycles. The number of amides is 2. The molecule has 2 N–H and O–H groups in total. The Bertz CT molecular complexity index is 619. The monoisotopic (exact) mass is 301 g/mol. The van der Waals surface area contributed by atoms with Crippen LogP contribution >= 0.6 is 0 Å². The van der Waals surface area contributed by atoms with Crippen LogP contribution in [0.5, 0.6) is 0 Å². The number of para-hydroxylation sites is 1. The summed E-state index contributed by atoms with van der Waals surface area (Å²) in [5.74, 6) is 0.751. The van der Waals surface area contributed by atoms with Gasteiger partial charge in [0.15, 0.2) is 5.82 Å². The van der Waals surface area contributed by atoms with Gasteiger partial charge in [0.05, 0.1) is 5.69 Å². The van der Waals surface area contributed by atoms with Crippen LogP contribution in [0.3, 0.4) is 0 Å². The summed E-state index contributed by atoms with van der Waals surface area (Å²) in [5.41, 5.74) is 1.59. The molecule has 0 saturated carbocycles. The zero-order valence-corrected chi connectivity index (χ0v) is 13.3. The SMILES string of the molecule is CCC(CC)NC(=O)Nc1ccccc1-c1nncn1CC. The molecule has 0 aliphatic rings. The first-order chi connectivity index (χ1) is 10.7. The fraction of sp³-hybridized carbons (Fsp3) is 0.438. The van der Waals surface area contributed by atoms with E-state index in [2.05, 4.69) is 34.7 Å². The molecule has 0 unspecified atom stereocenters. The van der Waals surface area contributed by atoms with Crippen molar-refractivity contribution in [2.45, 2.75) is 46.2 Å². The largest absolute Gasteiger partial charge is 0.335 e. The molecular formula is C16H23N5O. The van der Waals surface area contributed by atoms with Gasteiger partial charge >= 0.3 is 6.03 Å². The van der Waals surface area contributed by atoms with Crippen LogP contribution in [0.2, 0.25) is 0 Å². The van der Waals surface area contributed by atoms with Gasteiger partial charge in [-0.1, -0.05) is 26.0 Å². The number of carbonyl (C=O) groups is 1. The average Bonchev–Trinajstić information content (AvgIpc) is 3.01. The van der Waals surface area contributed by atoms with Gasteiger partial charge in [0, 0.05) is 18.2 Å². The summed E-state index contributed by atoms with van der Waals surface area (Å²) in [4.78, 5) is 12.2. The summed E-state index contributed by atoms with van der Waals surface area (Å²) in [6.45, 7) is 6.93. The molecule has 22 heavy (non-hydrogen) atoms. The molecule has 2 rings (SSSR count). The Labute approximate surface area is 130 Å². The van der Waals surface area contributed by atoms with E-state index in [1.165, 1.54) is 0 Å². The van der Waals surface area contributed by atoms with Gasteiger partial charge < -0.3 is 15.2 Å². The second-order valence-electron chi connectivity index (χ2n) is 5.10. The zero-order valence-electron chi connectivity index (χ0n) is 13.3. The molecule has 2 aromatic rings. The smallest absolute Gasteiger partial charge is 0.319 e. The number of aryl methyl sites for hydroxylation is 1. The van der Waals surface area contributed by atoms with E-state index < -0.39 is 0 Å². The van der Waals surface area contributed by atoms with Crippen LogP contribution in [0.4, 0.5) is 10.5 Å². The van der Waals surface area contributed by atoms with Crippen LogP contribution < -0.4 is 10.6 Å². The number of benzene rings is 1. The average molecular weight is 301 g/mol. The molecule has 1 aromatic heterocycles. The van der Waals surface area contributed by atoms with Gasteiger partial charge in [-0.15, -0.1) is 10.2 Å². The third-order valence-electron chi connectivity index (χ3n) is 3.69. The maximum Gasteiger partial charge on any atom is 0.319 e. The van der Waals surface area contributed by atoms with Gasteiger partial charge in [-0.3, -0.25) is 0 Å². The van der Waals surface area contributed by atoms with Crippen molar-refractivity contribution >= 4 is 11.7 Å². The summed E-state index contributed by atoms with van der Waals surface area (Å²) in [6, 6.07) is 7.62. The predicted molar refractivity (Wildman–Crippen MR) is 87.7 cm³/mol. The normalized spacial score (nSPS) is 10.7. The minimum absolute atomic E-state index is 0.187. The van der Waals surface area contributed by atoms with Crippen LogP contribution in [-0.2, 0) is 6.54 Å². The fourth-order valence-electron chi connectivity index (χ4n) is 2.32. The van der Waals surface area contributed by atoms with Crippen molar-refractivity contribution in [2.24, 2.45) is 0 Å². The Morgan fingerprint density at radius 2 is 1.95 bits per heavy atom. The molecule has 1 heterocycles. The highest BCUT2D eigenvalue weighted by Gasteiger charge is 2.14. The van der Waals surface area contributed by atoms with E-state index in [-0.39, 0.29) is 12.1 Å². The molecule has 2 amide bonds. The molecule has 118 valence electrons. The Kier molecular flexibility index (Phi) is 5.52. The van der Waals surface area contributed by atoms with Crippen molar-refractivity contribution in [3.63, 3.8) is 0 Å². The van der Waals surface area contributed by atoms with Crippen LogP contribution in [-0.4, -0.2) is 26.8 Å². The summed E-state index contributed by atoms with van der Waals surface area (Å²) in [5, 5.41) is 14.0. The third kappa shape index (κ3) is 3.63. The molecule has 0 radical (unpaired) electrons. The van der Waals surface area contributed by atoms with Crippen molar-refractivity contribution in [3.05, 3.63) is 30.6 Å². The van der Waals surface area contributed by atoms with Crippen molar-refractivity contribution in [2.75, 3.05) is 5.32 Å². The van der Waals surface area contributed by atoms with Gasteiger partial charge in [0.25, 0.3) is 0 Å². The molecule has 6 nitrogen and oxygen atoms in total. The maximum absolute atomic E-state index is 12.2. The quantitative estimate of drug-likeness (QED) is 0.860. The number of aromatic nitrogens is 3. The van der Waals surface area contributed by atoms with Crippen molar-refractivity contribution < 1.29 is 4.79 Å². The zero-order chi connectivity index (χ0) is 15.9. The van der Waals surface area contributed by atoms with E-state index in [1.807, 2.05) is 35.8 Å². The number of hydrogen-bond acceptors (Lipinski definition) is 3. The second kappa shape index (κ2) is 7.59. The highest BCUT2D eigenvalue weighted by molar-refractivity contribution is 5.93. The van der Waals surface area contributed by atoms with Crippen molar-refractivity contribution in [1.82, 2.24) is 20.1 Å². The lowest BCUT2D eigenvalue weighted by Gasteiger charge is -2.16. The predicted octanol–water partition coefficient (Wildman–Crippen LogP) is 3.28. The second-order valence-corrected chi connectivity index (χ2v) is 5.10. The standard InChI is InChI=1S/C16H23N5O/c1-4-12(5-2)18-16(22)19-14-10-8-7-9-13(14)15-20-17-11-21(15)6-3/h7-12H,4-6H2,1-3H3,(H2,18,19,22). The van der Waals surface area contributed by atoms with E-state index in [0.29, 0.717) is 0 Å². The number of rotatable bonds is 6. The highest BCUT2D eigenvalue weighted by atomic mass is 16.2. The van der Waals surface area contributed by atoms with E-state index in [1.54, 1.807) is 6.33 Å². The van der Waals surface area contributed by atoms with Gasteiger partial charge in [-0.2, -0.15) is 0 Å². The molecule has 0 atom stereocenters. The van der Waals surface area contributed by atoms with Crippen LogP contribution in [0.25, 0.3) is 11.4 Å². The molecule has 0 saturated heterocycles. The summed E-state index contributed by atoms with van der Waals surface area (Å²) in [7, 11) is 0. The van der Waals surface area contributed by atoms with E-state index in [9.17, 15) is 4.79 Å². The first kappa shape index (κ1) is 16.0. The maximum atomic E-state index is 12.2. The molecule has 6 heteroatoms. The number of anilines is 1. The van der Waals surface area contributed by atoms with Gasteiger partial charge in [0.1, 0.15) is 6.33 Å². The molecule has 1 aromatic carbocycles. The van der Waals surface area contributed by atoms with Gasteiger partial charge in [-0.25, -0.2) is 4.79 Å². The molecule has 0 spiro atoms. The number of hydrogen-bond donors (Lipinski definition) is 2. The lowest BCUT2D eigenvalue weighted by molar-refractivity contribution is 0.247. The fourth-order valence-corrected chi connectivity index (χ4v) is 2.32. The van der Waals surface area contributed by atoms with E-state index in [4.69, 9.17) is 0 Å². The highest BCUT2D eigenvalue weighted by Crippen LogP contribution is 2.26. The van der Waals surface area contributed by atoms with E-state index in [0.717, 1.165) is 36.5 Å².